The van der Waals surface area contributed by atoms with Gasteiger partial charge in [0.25, 0.3) is 5.91 Å². The van der Waals surface area contributed by atoms with E-state index in [0.717, 1.165) is 10.5 Å². The van der Waals surface area contributed by atoms with Crippen LogP contribution in [0.5, 0.6) is 11.5 Å². The van der Waals surface area contributed by atoms with Gasteiger partial charge in [-0.05, 0) is 43.0 Å². The first-order chi connectivity index (χ1) is 13.0. The van der Waals surface area contributed by atoms with Crippen LogP contribution >= 0.6 is 11.8 Å². The highest BCUT2D eigenvalue weighted by Crippen LogP contribution is 2.27. The molecule has 0 aliphatic heterocycles. The van der Waals surface area contributed by atoms with Crippen LogP contribution in [0.25, 0.3) is 0 Å². The van der Waals surface area contributed by atoms with Gasteiger partial charge in [-0.2, -0.15) is 0 Å². The van der Waals surface area contributed by atoms with Gasteiger partial charge in [0.2, 0.25) is 0 Å². The summed E-state index contributed by atoms with van der Waals surface area (Å²) in [7, 11) is 3.11. The number of nitrogens with one attached hydrogen (secondary N) is 1. The van der Waals surface area contributed by atoms with Gasteiger partial charge in [-0.15, -0.1) is 11.8 Å². The zero-order valence-corrected chi connectivity index (χ0v) is 16.6. The van der Waals surface area contributed by atoms with Crippen molar-refractivity contribution in [1.29, 1.82) is 0 Å². The second-order valence-corrected chi connectivity index (χ2v) is 6.50. The molecule has 27 heavy (non-hydrogen) atoms. The molecule has 6 nitrogen and oxygen atoms in total. The summed E-state index contributed by atoms with van der Waals surface area (Å²) in [4.78, 5) is 25.4. The third kappa shape index (κ3) is 5.40. The lowest BCUT2D eigenvalue weighted by Gasteiger charge is -2.15. The van der Waals surface area contributed by atoms with E-state index in [2.05, 4.69) is 5.32 Å². The Morgan fingerprint density at radius 2 is 1.78 bits per heavy atom. The van der Waals surface area contributed by atoms with Crippen molar-refractivity contribution in [1.82, 2.24) is 5.32 Å². The van der Waals surface area contributed by atoms with Crippen molar-refractivity contribution in [2.24, 2.45) is 0 Å². The summed E-state index contributed by atoms with van der Waals surface area (Å²) in [5.74, 6) is 0.299. The number of hydrogen-bond donors (Lipinski definition) is 1. The van der Waals surface area contributed by atoms with Gasteiger partial charge in [0.1, 0.15) is 0 Å². The van der Waals surface area contributed by atoms with Crippen LogP contribution in [0, 0.1) is 0 Å². The highest BCUT2D eigenvalue weighted by molar-refractivity contribution is 7.98. The summed E-state index contributed by atoms with van der Waals surface area (Å²) in [5.41, 5.74) is 1.29. The topological polar surface area (TPSA) is 73.9 Å². The molecule has 0 saturated heterocycles. The molecule has 0 bridgehead atoms. The molecule has 2 aromatic carbocycles. The first-order valence-corrected chi connectivity index (χ1v) is 9.55. The largest absolute Gasteiger partial charge is 0.493 e. The Kier molecular flexibility index (Phi) is 7.55. The van der Waals surface area contributed by atoms with E-state index in [-0.39, 0.29) is 12.5 Å². The zero-order chi connectivity index (χ0) is 19.8. The lowest BCUT2D eigenvalue weighted by atomic mass is 10.2. The van der Waals surface area contributed by atoms with Crippen molar-refractivity contribution in [2.75, 3.05) is 20.5 Å². The number of benzene rings is 2. The Labute approximate surface area is 163 Å². The summed E-state index contributed by atoms with van der Waals surface area (Å²) in [5, 5.41) is 2.76. The highest BCUT2D eigenvalue weighted by Gasteiger charge is 2.20. The van der Waals surface area contributed by atoms with Crippen molar-refractivity contribution >= 4 is 23.6 Å². The Bertz CT molecular complexity index is 809. The first-order valence-electron chi connectivity index (χ1n) is 8.32. The molecule has 0 fully saturated rings. The number of esters is 1. The molecule has 0 unspecified atom stereocenters. The molecule has 7 heteroatoms. The maximum atomic E-state index is 12.3. The second-order valence-electron chi connectivity index (χ2n) is 5.65. The number of ether oxygens (including phenoxy) is 3. The summed E-state index contributed by atoms with van der Waals surface area (Å²) < 4.78 is 15.7. The standard InChI is InChI=1S/C20H23NO5S/c1-13(26-20(23)15-7-5-6-8-18(15)27-4)19(22)21-12-14-9-10-16(24-2)17(11-14)25-3/h5-11,13H,12H2,1-4H3,(H,21,22)/t13-/m0/s1. The maximum absolute atomic E-state index is 12.3. The van der Waals surface area contributed by atoms with Gasteiger partial charge in [0.15, 0.2) is 17.6 Å². The van der Waals surface area contributed by atoms with Crippen LogP contribution in [0.3, 0.4) is 0 Å². The van der Waals surface area contributed by atoms with Gasteiger partial charge in [-0.25, -0.2) is 4.79 Å². The normalized spacial score (nSPS) is 11.4. The van der Waals surface area contributed by atoms with E-state index in [4.69, 9.17) is 14.2 Å². The summed E-state index contributed by atoms with van der Waals surface area (Å²) in [6.45, 7) is 1.83. The molecule has 144 valence electrons. The predicted molar refractivity (Wildman–Crippen MR) is 104 cm³/mol. The predicted octanol–water partition coefficient (Wildman–Crippen LogP) is 3.29. The van der Waals surface area contributed by atoms with Crippen LogP contribution in [0.4, 0.5) is 0 Å². The van der Waals surface area contributed by atoms with Gasteiger partial charge >= 0.3 is 5.97 Å². The number of carbonyl (C=O) groups excluding carboxylic acids is 2. The van der Waals surface area contributed by atoms with Crippen LogP contribution in [0.15, 0.2) is 47.4 Å². The molecular weight excluding hydrogens is 366 g/mol. The molecule has 0 radical (unpaired) electrons. The molecule has 1 N–H and O–H groups in total. The van der Waals surface area contributed by atoms with Gasteiger partial charge < -0.3 is 19.5 Å². The minimum absolute atomic E-state index is 0.280. The summed E-state index contributed by atoms with van der Waals surface area (Å²) in [6, 6.07) is 12.5. The molecule has 0 saturated carbocycles. The lowest BCUT2D eigenvalue weighted by molar-refractivity contribution is -0.129. The quantitative estimate of drug-likeness (QED) is 0.552. The fourth-order valence-electron chi connectivity index (χ4n) is 2.41. The molecule has 0 heterocycles. The van der Waals surface area contributed by atoms with Gasteiger partial charge in [-0.1, -0.05) is 18.2 Å². The van der Waals surface area contributed by atoms with E-state index in [1.807, 2.05) is 24.5 Å². The number of thioether (sulfide) groups is 1. The third-order valence-corrected chi connectivity index (χ3v) is 4.69. The molecule has 0 aliphatic carbocycles. The average molecular weight is 389 g/mol. The molecule has 2 aromatic rings. The lowest BCUT2D eigenvalue weighted by Crippen LogP contribution is -2.35. The Morgan fingerprint density at radius 3 is 2.44 bits per heavy atom. The van der Waals surface area contributed by atoms with E-state index < -0.39 is 12.1 Å². The molecule has 2 rings (SSSR count). The number of amides is 1. The second kappa shape index (κ2) is 9.87. The van der Waals surface area contributed by atoms with Crippen molar-refractivity contribution in [3.8, 4) is 11.5 Å². The van der Waals surface area contributed by atoms with Crippen LogP contribution in [-0.4, -0.2) is 38.5 Å². The molecule has 1 amide bonds. The molecular formula is C20H23NO5S. The number of hydrogen-bond acceptors (Lipinski definition) is 6. The van der Waals surface area contributed by atoms with E-state index in [1.165, 1.54) is 11.8 Å². The van der Waals surface area contributed by atoms with E-state index in [9.17, 15) is 9.59 Å². The minimum Gasteiger partial charge on any atom is -0.493 e. The number of carbonyl (C=O) groups is 2. The third-order valence-electron chi connectivity index (χ3n) is 3.89. The fraction of sp³-hybridized carbons (Fsp3) is 0.300. The van der Waals surface area contributed by atoms with Crippen LogP contribution in [-0.2, 0) is 16.1 Å². The molecule has 0 aromatic heterocycles. The van der Waals surface area contributed by atoms with Crippen molar-refractivity contribution in [3.63, 3.8) is 0 Å². The van der Waals surface area contributed by atoms with Crippen LogP contribution in [0.1, 0.15) is 22.8 Å². The van der Waals surface area contributed by atoms with E-state index >= 15 is 0 Å². The Balaban J connectivity index is 1.95. The summed E-state index contributed by atoms with van der Waals surface area (Å²) in [6.07, 6.45) is 0.971. The monoisotopic (exact) mass is 389 g/mol. The zero-order valence-electron chi connectivity index (χ0n) is 15.8. The van der Waals surface area contributed by atoms with E-state index in [1.54, 1.807) is 45.4 Å². The Hall–Kier alpha value is -2.67. The van der Waals surface area contributed by atoms with Crippen molar-refractivity contribution < 1.29 is 23.8 Å². The summed E-state index contributed by atoms with van der Waals surface area (Å²) >= 11 is 1.45. The number of rotatable bonds is 8. The van der Waals surface area contributed by atoms with Crippen molar-refractivity contribution in [3.05, 3.63) is 53.6 Å². The molecule has 0 aliphatic rings. The smallest absolute Gasteiger partial charge is 0.340 e. The van der Waals surface area contributed by atoms with Gasteiger partial charge in [-0.3, -0.25) is 4.79 Å². The molecule has 1 atom stereocenters. The number of methoxy groups -OCH3 is 2. The van der Waals surface area contributed by atoms with Crippen molar-refractivity contribution in [2.45, 2.75) is 24.5 Å². The SMILES string of the molecule is COc1ccc(CNC(=O)[C@H](C)OC(=O)c2ccccc2SC)cc1OC. The molecule has 0 spiro atoms. The van der Waals surface area contributed by atoms with Crippen LogP contribution < -0.4 is 14.8 Å². The minimum atomic E-state index is -0.910. The first kappa shape index (κ1) is 20.6. The van der Waals surface area contributed by atoms with Crippen LogP contribution in [0.2, 0.25) is 0 Å². The maximum Gasteiger partial charge on any atom is 0.340 e. The van der Waals surface area contributed by atoms with Gasteiger partial charge in [0.05, 0.1) is 19.8 Å². The highest BCUT2D eigenvalue weighted by atomic mass is 32.2. The average Bonchev–Trinajstić information content (AvgIpc) is 2.71. The Morgan fingerprint density at radius 1 is 1.07 bits per heavy atom. The fourth-order valence-corrected chi connectivity index (χ4v) is 3.00. The van der Waals surface area contributed by atoms with Gasteiger partial charge in [0, 0.05) is 11.4 Å². The van der Waals surface area contributed by atoms with E-state index in [0.29, 0.717) is 17.1 Å².